The Bertz CT molecular complexity index is 694. The van der Waals surface area contributed by atoms with Gasteiger partial charge in [-0.1, -0.05) is 18.2 Å². The fourth-order valence-corrected chi connectivity index (χ4v) is 2.45. The van der Waals surface area contributed by atoms with Crippen molar-refractivity contribution in [2.24, 2.45) is 0 Å². The second-order valence-corrected chi connectivity index (χ2v) is 5.26. The number of hydrogen-bond donors (Lipinski definition) is 2. The van der Waals surface area contributed by atoms with Gasteiger partial charge in [0.25, 0.3) is 0 Å². The van der Waals surface area contributed by atoms with Crippen LogP contribution in [-0.4, -0.2) is 24.9 Å². The summed E-state index contributed by atoms with van der Waals surface area (Å²) in [5, 5.41) is 13.1. The molecule has 0 unspecified atom stereocenters. The minimum atomic E-state index is -0.968. The Morgan fingerprint density at radius 1 is 1.09 bits per heavy atom. The van der Waals surface area contributed by atoms with Crippen molar-refractivity contribution in [3.05, 3.63) is 59.2 Å². The third kappa shape index (κ3) is 3.60. The molecular formula is C17H17F2NO3. The molecule has 122 valence electrons. The molecule has 0 bridgehead atoms. The lowest BCUT2D eigenvalue weighted by Gasteiger charge is -2.21. The Labute approximate surface area is 132 Å². The number of aliphatic hydroxyl groups is 1. The van der Waals surface area contributed by atoms with Crippen LogP contribution in [0, 0.1) is 11.6 Å². The van der Waals surface area contributed by atoms with Crippen LogP contribution in [0.3, 0.4) is 0 Å². The third-order valence-electron chi connectivity index (χ3n) is 3.63. The molecule has 1 aliphatic heterocycles. The van der Waals surface area contributed by atoms with Crippen molar-refractivity contribution in [3.63, 3.8) is 0 Å². The molecular weight excluding hydrogens is 304 g/mol. The van der Waals surface area contributed by atoms with Gasteiger partial charge in [-0.15, -0.1) is 0 Å². The maximum atomic E-state index is 13.2. The molecule has 0 aliphatic carbocycles. The zero-order chi connectivity index (χ0) is 16.2. The van der Waals surface area contributed by atoms with Gasteiger partial charge in [0.2, 0.25) is 0 Å². The quantitative estimate of drug-likeness (QED) is 0.889. The summed E-state index contributed by atoms with van der Waals surface area (Å²) in [5.41, 5.74) is 1.24. The molecule has 1 atom stereocenters. The zero-order valence-corrected chi connectivity index (χ0v) is 12.4. The molecule has 2 aromatic rings. The van der Waals surface area contributed by atoms with Crippen LogP contribution in [0.15, 0.2) is 36.4 Å². The molecule has 2 N–H and O–H groups in total. The molecule has 1 heterocycles. The number of aliphatic hydroxyl groups excluding tert-OH is 1. The fraction of sp³-hybridized carbons (Fsp3) is 0.294. The zero-order valence-electron chi connectivity index (χ0n) is 12.4. The van der Waals surface area contributed by atoms with Crippen molar-refractivity contribution < 1.29 is 23.4 Å². The molecule has 0 saturated heterocycles. The predicted octanol–water partition coefficient (Wildman–Crippen LogP) is 2.56. The smallest absolute Gasteiger partial charge is 0.165 e. The maximum absolute atomic E-state index is 13.2. The summed E-state index contributed by atoms with van der Waals surface area (Å²) in [6.07, 6.45) is -0.929. The lowest BCUT2D eigenvalue weighted by atomic mass is 10.1. The molecule has 4 nitrogen and oxygen atoms in total. The third-order valence-corrected chi connectivity index (χ3v) is 3.63. The van der Waals surface area contributed by atoms with E-state index in [-0.39, 0.29) is 6.54 Å². The molecule has 6 heteroatoms. The highest BCUT2D eigenvalue weighted by molar-refractivity contribution is 5.47. The van der Waals surface area contributed by atoms with Crippen molar-refractivity contribution in [1.29, 1.82) is 0 Å². The molecule has 3 rings (SSSR count). The van der Waals surface area contributed by atoms with E-state index in [9.17, 15) is 13.9 Å². The van der Waals surface area contributed by atoms with Crippen LogP contribution < -0.4 is 14.8 Å². The molecule has 0 saturated carbocycles. The van der Waals surface area contributed by atoms with E-state index in [1.54, 1.807) is 0 Å². The van der Waals surface area contributed by atoms with Crippen molar-refractivity contribution >= 4 is 0 Å². The second-order valence-electron chi connectivity index (χ2n) is 5.26. The lowest BCUT2D eigenvalue weighted by molar-refractivity contribution is 0.166. The summed E-state index contributed by atoms with van der Waals surface area (Å²) in [6.45, 7) is 1.70. The Hall–Kier alpha value is -2.18. The molecule has 0 radical (unpaired) electrons. The molecule has 0 aromatic heterocycles. The standard InChI is InChI=1S/C17H17F2NO3/c18-13-5-4-11(8-14(13)19)15(21)10-20-9-12-2-1-3-16-17(12)23-7-6-22-16/h1-5,8,15,20-21H,6-7,9-10H2/t15-/m0/s1. The average molecular weight is 321 g/mol. The van der Waals surface area contributed by atoms with E-state index in [1.807, 2.05) is 18.2 Å². The van der Waals surface area contributed by atoms with E-state index >= 15 is 0 Å². The Balaban J connectivity index is 1.60. The number of rotatable bonds is 5. The van der Waals surface area contributed by atoms with Crippen LogP contribution in [0.25, 0.3) is 0 Å². The van der Waals surface area contributed by atoms with E-state index in [0.29, 0.717) is 36.8 Å². The van der Waals surface area contributed by atoms with Gasteiger partial charge in [0.05, 0.1) is 6.10 Å². The van der Waals surface area contributed by atoms with Crippen LogP contribution >= 0.6 is 0 Å². The van der Waals surface area contributed by atoms with E-state index < -0.39 is 17.7 Å². The van der Waals surface area contributed by atoms with Crippen LogP contribution in [0.1, 0.15) is 17.2 Å². The minimum absolute atomic E-state index is 0.204. The van der Waals surface area contributed by atoms with Gasteiger partial charge in [0, 0.05) is 18.7 Å². The van der Waals surface area contributed by atoms with E-state index in [0.717, 1.165) is 17.7 Å². The summed E-state index contributed by atoms with van der Waals surface area (Å²) in [5.74, 6) is -0.489. The molecule has 1 aliphatic rings. The van der Waals surface area contributed by atoms with Crippen molar-refractivity contribution in [1.82, 2.24) is 5.32 Å². The number of fused-ring (bicyclic) bond motifs is 1. The fourth-order valence-electron chi connectivity index (χ4n) is 2.45. The summed E-state index contributed by atoms with van der Waals surface area (Å²) in [4.78, 5) is 0. The monoisotopic (exact) mass is 321 g/mol. The summed E-state index contributed by atoms with van der Waals surface area (Å²) in [6, 6.07) is 9.00. The predicted molar refractivity (Wildman–Crippen MR) is 80.5 cm³/mol. The van der Waals surface area contributed by atoms with Crippen LogP contribution in [0.2, 0.25) is 0 Å². The van der Waals surface area contributed by atoms with Gasteiger partial charge in [0.15, 0.2) is 23.1 Å². The molecule has 0 spiro atoms. The van der Waals surface area contributed by atoms with E-state index in [1.165, 1.54) is 6.07 Å². The first-order valence-electron chi connectivity index (χ1n) is 7.36. The average Bonchev–Trinajstić information content (AvgIpc) is 2.57. The Morgan fingerprint density at radius 3 is 2.74 bits per heavy atom. The van der Waals surface area contributed by atoms with E-state index in [4.69, 9.17) is 9.47 Å². The number of benzene rings is 2. The van der Waals surface area contributed by atoms with E-state index in [2.05, 4.69) is 5.32 Å². The van der Waals surface area contributed by atoms with Gasteiger partial charge in [-0.3, -0.25) is 0 Å². The van der Waals surface area contributed by atoms with Crippen LogP contribution in [0.4, 0.5) is 8.78 Å². The highest BCUT2D eigenvalue weighted by Crippen LogP contribution is 2.33. The Morgan fingerprint density at radius 2 is 1.91 bits per heavy atom. The largest absolute Gasteiger partial charge is 0.486 e. The summed E-state index contributed by atoms with van der Waals surface area (Å²) >= 11 is 0. The Kier molecular flexibility index (Phi) is 4.73. The second kappa shape index (κ2) is 6.93. The number of halogens is 2. The van der Waals surface area contributed by atoms with Crippen LogP contribution in [-0.2, 0) is 6.54 Å². The lowest BCUT2D eigenvalue weighted by Crippen LogP contribution is -2.23. The summed E-state index contributed by atoms with van der Waals surface area (Å²) in [7, 11) is 0. The normalized spacial score (nSPS) is 14.6. The van der Waals surface area contributed by atoms with Gasteiger partial charge in [0.1, 0.15) is 13.2 Å². The summed E-state index contributed by atoms with van der Waals surface area (Å²) < 4.78 is 37.2. The molecule has 2 aromatic carbocycles. The molecule has 0 fully saturated rings. The van der Waals surface area contributed by atoms with Gasteiger partial charge in [-0.2, -0.15) is 0 Å². The van der Waals surface area contributed by atoms with Crippen molar-refractivity contribution in [2.75, 3.05) is 19.8 Å². The number of nitrogens with one attached hydrogen (secondary N) is 1. The number of para-hydroxylation sites is 1. The topological polar surface area (TPSA) is 50.7 Å². The van der Waals surface area contributed by atoms with Crippen molar-refractivity contribution in [3.8, 4) is 11.5 Å². The van der Waals surface area contributed by atoms with Gasteiger partial charge in [-0.25, -0.2) is 8.78 Å². The SMILES string of the molecule is O[C@@H](CNCc1cccc2c1OCCO2)c1ccc(F)c(F)c1. The highest BCUT2D eigenvalue weighted by atomic mass is 19.2. The first-order valence-corrected chi connectivity index (χ1v) is 7.36. The van der Waals surface area contributed by atoms with Crippen LogP contribution in [0.5, 0.6) is 11.5 Å². The maximum Gasteiger partial charge on any atom is 0.165 e. The molecule has 23 heavy (non-hydrogen) atoms. The van der Waals surface area contributed by atoms with Gasteiger partial charge in [-0.05, 0) is 23.8 Å². The number of ether oxygens (including phenoxy) is 2. The first-order chi connectivity index (χ1) is 11.1. The minimum Gasteiger partial charge on any atom is -0.486 e. The van der Waals surface area contributed by atoms with Gasteiger partial charge < -0.3 is 19.9 Å². The highest BCUT2D eigenvalue weighted by Gasteiger charge is 2.16. The van der Waals surface area contributed by atoms with Gasteiger partial charge >= 0.3 is 0 Å². The number of hydrogen-bond acceptors (Lipinski definition) is 4. The molecule has 0 amide bonds. The van der Waals surface area contributed by atoms with Crippen molar-refractivity contribution in [2.45, 2.75) is 12.6 Å². The first kappa shape index (κ1) is 15.7.